The van der Waals surface area contributed by atoms with Crippen LogP contribution in [0.25, 0.3) is 0 Å². The Balaban J connectivity index is 2.05. The summed E-state index contributed by atoms with van der Waals surface area (Å²) in [6.45, 7) is 9.91. The van der Waals surface area contributed by atoms with Crippen LogP contribution in [0.2, 0.25) is 0 Å². The number of methoxy groups -OCH3 is 1. The van der Waals surface area contributed by atoms with Gasteiger partial charge in [-0.1, -0.05) is 13.8 Å². The molecule has 1 fully saturated rings. The molecule has 0 aromatic rings. The van der Waals surface area contributed by atoms with Gasteiger partial charge in [-0.25, -0.2) is 0 Å². The number of ether oxygens (including phenoxy) is 1. The second-order valence-corrected chi connectivity index (χ2v) is 4.67. The third-order valence-corrected chi connectivity index (χ3v) is 2.96. The number of hydrogen-bond donors (Lipinski definition) is 1. The molecule has 0 aliphatic heterocycles. The molecule has 0 aromatic heterocycles. The molecule has 0 amide bonds. The van der Waals surface area contributed by atoms with E-state index in [9.17, 15) is 0 Å². The molecule has 0 spiro atoms. The Kier molecular flexibility index (Phi) is 6.22. The number of rotatable bonds is 9. The van der Waals surface area contributed by atoms with E-state index >= 15 is 0 Å². The second-order valence-electron chi connectivity index (χ2n) is 4.67. The molecular formula is C12H26N2O. The predicted octanol–water partition coefficient (Wildman–Crippen LogP) is 1.34. The summed E-state index contributed by atoms with van der Waals surface area (Å²) in [7, 11) is 1.77. The molecule has 1 aliphatic rings. The number of hydrogen-bond acceptors (Lipinski definition) is 3. The van der Waals surface area contributed by atoms with Gasteiger partial charge < -0.3 is 15.0 Å². The minimum Gasteiger partial charge on any atom is -0.383 e. The summed E-state index contributed by atoms with van der Waals surface area (Å²) >= 11 is 0. The highest BCUT2D eigenvalue weighted by atomic mass is 16.5. The van der Waals surface area contributed by atoms with Crippen LogP contribution in [0, 0.1) is 5.92 Å². The van der Waals surface area contributed by atoms with E-state index in [1.54, 1.807) is 7.11 Å². The van der Waals surface area contributed by atoms with Crippen LogP contribution in [0.4, 0.5) is 0 Å². The van der Waals surface area contributed by atoms with Crippen molar-refractivity contribution in [3.05, 3.63) is 0 Å². The molecule has 0 saturated heterocycles. The monoisotopic (exact) mass is 214 g/mol. The van der Waals surface area contributed by atoms with Crippen molar-refractivity contribution < 1.29 is 4.74 Å². The summed E-state index contributed by atoms with van der Waals surface area (Å²) < 4.78 is 5.11. The highest BCUT2D eigenvalue weighted by Crippen LogP contribution is 2.18. The average Bonchev–Trinajstić information content (AvgIpc) is 3.05. The van der Waals surface area contributed by atoms with E-state index in [1.165, 1.54) is 19.4 Å². The lowest BCUT2D eigenvalue weighted by Gasteiger charge is -2.24. The Morgan fingerprint density at radius 1 is 1.47 bits per heavy atom. The van der Waals surface area contributed by atoms with Gasteiger partial charge >= 0.3 is 0 Å². The Morgan fingerprint density at radius 3 is 2.73 bits per heavy atom. The lowest BCUT2D eigenvalue weighted by atomic mass is 10.1. The minimum atomic E-state index is 0.738. The third kappa shape index (κ3) is 6.13. The first-order chi connectivity index (χ1) is 7.26. The maximum atomic E-state index is 5.11. The summed E-state index contributed by atoms with van der Waals surface area (Å²) in [5.41, 5.74) is 0. The van der Waals surface area contributed by atoms with Gasteiger partial charge in [0.15, 0.2) is 0 Å². The number of likely N-dealkylation sites (N-methyl/N-ethyl adjacent to an activating group) is 1. The molecular weight excluding hydrogens is 188 g/mol. The quantitative estimate of drug-likeness (QED) is 0.627. The van der Waals surface area contributed by atoms with E-state index < -0.39 is 0 Å². The van der Waals surface area contributed by atoms with Crippen molar-refractivity contribution in [2.75, 3.05) is 39.9 Å². The van der Waals surface area contributed by atoms with Gasteiger partial charge in [-0.15, -0.1) is 0 Å². The zero-order valence-corrected chi connectivity index (χ0v) is 10.5. The van der Waals surface area contributed by atoms with E-state index in [2.05, 4.69) is 24.1 Å². The molecule has 1 N–H and O–H groups in total. The number of nitrogens with one attached hydrogen (secondary N) is 1. The fraction of sp³-hybridized carbons (Fsp3) is 1.00. The Labute approximate surface area is 94.2 Å². The van der Waals surface area contributed by atoms with Crippen molar-refractivity contribution in [2.45, 2.75) is 32.7 Å². The zero-order valence-electron chi connectivity index (χ0n) is 10.5. The van der Waals surface area contributed by atoms with Crippen LogP contribution >= 0.6 is 0 Å². The zero-order chi connectivity index (χ0) is 11.1. The van der Waals surface area contributed by atoms with Gasteiger partial charge in [0, 0.05) is 26.2 Å². The van der Waals surface area contributed by atoms with Crippen LogP contribution in [0.1, 0.15) is 26.7 Å². The van der Waals surface area contributed by atoms with Gasteiger partial charge in [0.2, 0.25) is 0 Å². The van der Waals surface area contributed by atoms with Crippen LogP contribution in [0.15, 0.2) is 0 Å². The van der Waals surface area contributed by atoms with Crippen molar-refractivity contribution in [2.24, 2.45) is 5.92 Å². The molecule has 3 heteroatoms. The Bertz CT molecular complexity index is 160. The highest BCUT2D eigenvalue weighted by molar-refractivity contribution is 4.81. The summed E-state index contributed by atoms with van der Waals surface area (Å²) in [5.74, 6) is 0.738. The fourth-order valence-corrected chi connectivity index (χ4v) is 1.76. The van der Waals surface area contributed by atoms with E-state index in [-0.39, 0.29) is 0 Å². The van der Waals surface area contributed by atoms with Crippen molar-refractivity contribution in [3.8, 4) is 0 Å². The topological polar surface area (TPSA) is 24.5 Å². The Hall–Kier alpha value is -0.120. The van der Waals surface area contributed by atoms with Crippen LogP contribution in [-0.4, -0.2) is 50.8 Å². The van der Waals surface area contributed by atoms with Crippen molar-refractivity contribution in [1.82, 2.24) is 10.2 Å². The molecule has 0 aromatic carbocycles. The summed E-state index contributed by atoms with van der Waals surface area (Å²) in [5, 5.41) is 3.58. The molecule has 1 atom stereocenters. The molecule has 3 nitrogen and oxygen atoms in total. The van der Waals surface area contributed by atoms with Gasteiger partial charge in [-0.2, -0.15) is 0 Å². The molecule has 1 aliphatic carbocycles. The normalized spacial score (nSPS) is 18.4. The average molecular weight is 214 g/mol. The second kappa shape index (κ2) is 7.20. The van der Waals surface area contributed by atoms with E-state index in [1.807, 2.05) is 0 Å². The van der Waals surface area contributed by atoms with Crippen LogP contribution in [0.3, 0.4) is 0 Å². The Morgan fingerprint density at radius 2 is 2.20 bits per heavy atom. The highest BCUT2D eigenvalue weighted by Gasteiger charge is 2.21. The first-order valence-corrected chi connectivity index (χ1v) is 6.21. The van der Waals surface area contributed by atoms with Gasteiger partial charge in [-0.05, 0) is 31.8 Å². The minimum absolute atomic E-state index is 0.738. The maximum absolute atomic E-state index is 5.11. The van der Waals surface area contributed by atoms with Crippen LogP contribution in [-0.2, 0) is 4.74 Å². The van der Waals surface area contributed by atoms with Crippen molar-refractivity contribution in [1.29, 1.82) is 0 Å². The van der Waals surface area contributed by atoms with Crippen LogP contribution < -0.4 is 5.32 Å². The smallest absolute Gasteiger partial charge is 0.0589 e. The van der Waals surface area contributed by atoms with Crippen molar-refractivity contribution in [3.63, 3.8) is 0 Å². The SMILES string of the molecule is CCN(CCOC)CC(C)CNC1CC1. The van der Waals surface area contributed by atoms with Crippen molar-refractivity contribution >= 4 is 0 Å². The van der Waals surface area contributed by atoms with Gasteiger partial charge in [-0.3, -0.25) is 0 Å². The lowest BCUT2D eigenvalue weighted by Crippen LogP contribution is -2.35. The van der Waals surface area contributed by atoms with E-state index in [0.717, 1.165) is 38.2 Å². The van der Waals surface area contributed by atoms with Crippen LogP contribution in [0.5, 0.6) is 0 Å². The standard InChI is InChI=1S/C12H26N2O/c1-4-14(7-8-15-3)10-11(2)9-13-12-5-6-12/h11-13H,4-10H2,1-3H3. The summed E-state index contributed by atoms with van der Waals surface area (Å²) in [6.07, 6.45) is 2.77. The molecule has 15 heavy (non-hydrogen) atoms. The molecule has 0 heterocycles. The molecule has 1 rings (SSSR count). The molecule has 1 unspecified atom stereocenters. The largest absolute Gasteiger partial charge is 0.383 e. The fourth-order valence-electron chi connectivity index (χ4n) is 1.76. The van der Waals surface area contributed by atoms with E-state index in [0.29, 0.717) is 0 Å². The molecule has 90 valence electrons. The number of nitrogens with zero attached hydrogens (tertiary/aromatic N) is 1. The van der Waals surface area contributed by atoms with Gasteiger partial charge in [0.1, 0.15) is 0 Å². The third-order valence-electron chi connectivity index (χ3n) is 2.96. The maximum Gasteiger partial charge on any atom is 0.0589 e. The first kappa shape index (κ1) is 12.9. The summed E-state index contributed by atoms with van der Waals surface area (Å²) in [6, 6.07) is 0.835. The summed E-state index contributed by atoms with van der Waals surface area (Å²) in [4.78, 5) is 2.46. The first-order valence-electron chi connectivity index (χ1n) is 6.21. The predicted molar refractivity (Wildman–Crippen MR) is 64.2 cm³/mol. The lowest BCUT2D eigenvalue weighted by molar-refractivity contribution is 0.141. The molecule has 1 saturated carbocycles. The van der Waals surface area contributed by atoms with Gasteiger partial charge in [0.25, 0.3) is 0 Å². The van der Waals surface area contributed by atoms with E-state index in [4.69, 9.17) is 4.74 Å². The molecule has 0 bridgehead atoms. The molecule has 0 radical (unpaired) electrons. The van der Waals surface area contributed by atoms with Gasteiger partial charge in [0.05, 0.1) is 6.61 Å².